The first-order chi connectivity index (χ1) is 13.3. The second kappa shape index (κ2) is 9.84. The van der Waals surface area contributed by atoms with Crippen LogP contribution in [0.25, 0.3) is 0 Å². The summed E-state index contributed by atoms with van der Waals surface area (Å²) in [5.41, 5.74) is 0. The molecular formula is C20H28ClO5PSi. The van der Waals surface area contributed by atoms with Gasteiger partial charge in [-0.3, -0.25) is 0 Å². The van der Waals surface area contributed by atoms with Crippen LogP contribution in [0.2, 0.25) is 19.6 Å². The van der Waals surface area contributed by atoms with Crippen LogP contribution in [0.3, 0.4) is 0 Å². The smallest absolute Gasteiger partial charge is 0.188 e. The Kier molecular flexibility index (Phi) is 8.02. The van der Waals surface area contributed by atoms with Crippen molar-refractivity contribution >= 4 is 42.4 Å². The molecule has 28 heavy (non-hydrogen) atoms. The molecule has 0 N–H and O–H groups in total. The summed E-state index contributed by atoms with van der Waals surface area (Å²) in [7, 11) is 3.37. The van der Waals surface area contributed by atoms with Crippen molar-refractivity contribution in [1.29, 1.82) is 0 Å². The summed E-state index contributed by atoms with van der Waals surface area (Å²) in [5.74, 6) is 2.86. The van der Waals surface area contributed by atoms with E-state index in [-0.39, 0.29) is 6.79 Å². The van der Waals surface area contributed by atoms with E-state index < -0.39 is 15.3 Å². The van der Waals surface area contributed by atoms with Crippen molar-refractivity contribution in [3.8, 4) is 23.0 Å². The van der Waals surface area contributed by atoms with Gasteiger partial charge in [0.2, 0.25) is 0 Å². The second-order valence-corrected chi connectivity index (χ2v) is 14.7. The summed E-state index contributed by atoms with van der Waals surface area (Å²) in [6.07, 6.45) is 0. The minimum atomic E-state index is -1.77. The Morgan fingerprint density at radius 2 is 1.54 bits per heavy atom. The van der Waals surface area contributed by atoms with Crippen molar-refractivity contribution in [1.82, 2.24) is 0 Å². The zero-order chi connectivity index (χ0) is 20.9. The average Bonchev–Trinajstić information content (AvgIpc) is 2.69. The number of methoxy groups -OCH3 is 4. The zero-order valence-electron chi connectivity index (χ0n) is 17.5. The van der Waals surface area contributed by atoms with Crippen LogP contribution >= 0.6 is 18.5 Å². The summed E-state index contributed by atoms with van der Waals surface area (Å²) < 4.78 is 27.9. The fourth-order valence-corrected chi connectivity index (χ4v) is 6.83. The maximum absolute atomic E-state index is 7.08. The van der Waals surface area contributed by atoms with Gasteiger partial charge in [-0.05, 0) is 29.5 Å². The second-order valence-electron chi connectivity index (χ2n) is 7.12. The predicted molar refractivity (Wildman–Crippen MR) is 120 cm³/mol. The molecule has 8 heteroatoms. The third-order valence-electron chi connectivity index (χ3n) is 4.22. The highest BCUT2D eigenvalue weighted by Gasteiger charge is 2.30. The molecule has 154 valence electrons. The lowest BCUT2D eigenvalue weighted by molar-refractivity contribution is 0.0525. The van der Waals surface area contributed by atoms with Gasteiger partial charge in [0.25, 0.3) is 0 Å². The van der Waals surface area contributed by atoms with E-state index in [9.17, 15) is 0 Å². The van der Waals surface area contributed by atoms with Gasteiger partial charge < -0.3 is 23.7 Å². The standard InChI is InChI=1S/C20H28ClO5PSi/c1-22-13-26-19-17(11-14(23-2)12-18(19)28(5,6)7)27(21)20-15(24-3)9-8-10-16(20)25-4/h8-12H,13H2,1-7H3. The van der Waals surface area contributed by atoms with Crippen LogP contribution in [-0.4, -0.2) is 43.3 Å². The van der Waals surface area contributed by atoms with Crippen LogP contribution in [0.4, 0.5) is 0 Å². The maximum Gasteiger partial charge on any atom is 0.188 e. The lowest BCUT2D eigenvalue weighted by Gasteiger charge is -2.26. The van der Waals surface area contributed by atoms with Gasteiger partial charge in [0.05, 0.1) is 42.0 Å². The van der Waals surface area contributed by atoms with Crippen molar-refractivity contribution in [2.45, 2.75) is 19.6 Å². The first kappa shape index (κ1) is 22.8. The largest absolute Gasteiger partial charge is 0.497 e. The summed E-state index contributed by atoms with van der Waals surface area (Å²) in [4.78, 5) is 0. The Bertz CT molecular complexity index is 788. The highest BCUT2D eigenvalue weighted by Crippen LogP contribution is 2.48. The van der Waals surface area contributed by atoms with Crippen molar-refractivity contribution in [3.05, 3.63) is 30.3 Å². The lowest BCUT2D eigenvalue weighted by atomic mass is 10.3. The van der Waals surface area contributed by atoms with Gasteiger partial charge in [0, 0.05) is 12.4 Å². The van der Waals surface area contributed by atoms with Crippen LogP contribution in [0.15, 0.2) is 30.3 Å². The van der Waals surface area contributed by atoms with E-state index in [0.29, 0.717) is 11.5 Å². The summed E-state index contributed by atoms with van der Waals surface area (Å²) in [6, 6.07) is 9.61. The molecule has 0 spiro atoms. The maximum atomic E-state index is 7.08. The Labute approximate surface area is 174 Å². The number of ether oxygens (including phenoxy) is 5. The van der Waals surface area contributed by atoms with Crippen LogP contribution in [-0.2, 0) is 4.74 Å². The van der Waals surface area contributed by atoms with Crippen molar-refractivity contribution in [2.24, 2.45) is 0 Å². The van der Waals surface area contributed by atoms with Gasteiger partial charge in [0.15, 0.2) is 6.79 Å². The van der Waals surface area contributed by atoms with Gasteiger partial charge in [-0.15, -0.1) is 0 Å². The minimum Gasteiger partial charge on any atom is -0.497 e. The number of hydrogen-bond acceptors (Lipinski definition) is 5. The van der Waals surface area contributed by atoms with Crippen molar-refractivity contribution in [2.75, 3.05) is 35.2 Å². The van der Waals surface area contributed by atoms with E-state index >= 15 is 0 Å². The van der Waals surface area contributed by atoms with E-state index in [1.807, 2.05) is 30.3 Å². The topological polar surface area (TPSA) is 46.2 Å². The Morgan fingerprint density at radius 1 is 0.929 bits per heavy atom. The normalized spacial score (nSPS) is 12.4. The minimum absolute atomic E-state index is 0.139. The monoisotopic (exact) mass is 442 g/mol. The molecule has 0 aliphatic heterocycles. The summed E-state index contributed by atoms with van der Waals surface area (Å²) in [5, 5.41) is 2.79. The fraction of sp³-hybridized carbons (Fsp3) is 0.400. The Balaban J connectivity index is 2.76. The molecular weight excluding hydrogens is 415 g/mol. The highest BCUT2D eigenvalue weighted by atomic mass is 35.7. The fourth-order valence-electron chi connectivity index (χ4n) is 2.82. The van der Waals surface area contributed by atoms with E-state index in [1.54, 1.807) is 28.4 Å². The van der Waals surface area contributed by atoms with Crippen LogP contribution in [0.5, 0.6) is 23.0 Å². The van der Waals surface area contributed by atoms with Gasteiger partial charge in [0.1, 0.15) is 23.0 Å². The molecule has 2 aromatic carbocycles. The Morgan fingerprint density at radius 3 is 2.00 bits per heavy atom. The highest BCUT2D eigenvalue weighted by molar-refractivity contribution is 7.96. The van der Waals surface area contributed by atoms with E-state index in [2.05, 4.69) is 19.6 Å². The number of rotatable bonds is 9. The molecule has 0 saturated heterocycles. The molecule has 0 heterocycles. The molecule has 2 aromatic rings. The molecule has 0 aromatic heterocycles. The third kappa shape index (κ3) is 4.92. The van der Waals surface area contributed by atoms with E-state index in [1.165, 1.54) is 0 Å². The van der Waals surface area contributed by atoms with E-state index in [0.717, 1.165) is 27.3 Å². The van der Waals surface area contributed by atoms with Gasteiger partial charge >= 0.3 is 0 Å². The summed E-state index contributed by atoms with van der Waals surface area (Å²) in [6.45, 7) is 6.90. The summed E-state index contributed by atoms with van der Waals surface area (Å²) >= 11 is 7.08. The van der Waals surface area contributed by atoms with E-state index in [4.69, 9.17) is 34.9 Å². The molecule has 0 fully saturated rings. The van der Waals surface area contributed by atoms with Gasteiger partial charge in [-0.25, -0.2) is 0 Å². The van der Waals surface area contributed by atoms with Crippen molar-refractivity contribution < 1.29 is 23.7 Å². The molecule has 0 saturated carbocycles. The van der Waals surface area contributed by atoms with Crippen LogP contribution in [0, 0.1) is 0 Å². The SMILES string of the molecule is COCOc1c(P(Cl)c2c(OC)cccc2OC)cc(OC)cc1[Si](C)(C)C. The lowest BCUT2D eigenvalue weighted by Crippen LogP contribution is -2.41. The predicted octanol–water partition coefficient (Wildman–Crippen LogP) is 3.83. The molecule has 0 aliphatic rings. The number of halogens is 1. The molecule has 5 nitrogen and oxygen atoms in total. The molecule has 1 atom stereocenters. The molecule has 2 rings (SSSR count). The molecule has 0 radical (unpaired) electrons. The van der Waals surface area contributed by atoms with Gasteiger partial charge in [-0.1, -0.05) is 36.9 Å². The molecule has 1 unspecified atom stereocenters. The third-order valence-corrected chi connectivity index (χ3v) is 8.85. The zero-order valence-corrected chi connectivity index (χ0v) is 20.1. The first-order valence-corrected chi connectivity index (χ1v) is 14.5. The molecule has 0 bridgehead atoms. The quantitative estimate of drug-likeness (QED) is 0.335. The molecule has 0 amide bonds. The van der Waals surface area contributed by atoms with Gasteiger partial charge in [-0.2, -0.15) is 0 Å². The first-order valence-electron chi connectivity index (χ1n) is 8.79. The average molecular weight is 443 g/mol. The molecule has 0 aliphatic carbocycles. The van der Waals surface area contributed by atoms with Crippen LogP contribution in [0.1, 0.15) is 0 Å². The number of hydrogen-bond donors (Lipinski definition) is 0. The van der Waals surface area contributed by atoms with Crippen LogP contribution < -0.4 is 34.7 Å². The number of benzene rings is 2. The van der Waals surface area contributed by atoms with Crippen molar-refractivity contribution in [3.63, 3.8) is 0 Å². The Hall–Kier alpha value is -1.46.